The van der Waals surface area contributed by atoms with E-state index in [2.05, 4.69) is 5.10 Å². The van der Waals surface area contributed by atoms with Crippen LogP contribution >= 0.6 is 0 Å². The van der Waals surface area contributed by atoms with E-state index in [9.17, 15) is 9.18 Å². The van der Waals surface area contributed by atoms with Gasteiger partial charge in [0.1, 0.15) is 5.82 Å². The van der Waals surface area contributed by atoms with Crippen molar-refractivity contribution in [2.24, 2.45) is 5.10 Å². The summed E-state index contributed by atoms with van der Waals surface area (Å²) in [5.41, 5.74) is 3.24. The summed E-state index contributed by atoms with van der Waals surface area (Å²) in [4.78, 5) is 11.9. The van der Waals surface area contributed by atoms with Crippen molar-refractivity contribution in [3.63, 3.8) is 0 Å². The third-order valence-electron chi connectivity index (χ3n) is 3.88. The number of nitrogens with zero attached hydrogens (tertiary/aromatic N) is 2. The van der Waals surface area contributed by atoms with E-state index in [0.29, 0.717) is 17.7 Å². The Morgan fingerprint density at radius 3 is 2.50 bits per heavy atom. The van der Waals surface area contributed by atoms with Gasteiger partial charge in [0.15, 0.2) is 0 Å². The molecule has 0 bridgehead atoms. The lowest BCUT2D eigenvalue weighted by Crippen LogP contribution is -2.24. The molecule has 1 atom stereocenters. The highest BCUT2D eigenvalue weighted by Crippen LogP contribution is 2.33. The fourth-order valence-corrected chi connectivity index (χ4v) is 2.71. The Bertz CT molecular complexity index is 737. The monoisotopic (exact) mass is 296 g/mol. The lowest BCUT2D eigenvalue weighted by molar-refractivity contribution is -0.130. The van der Waals surface area contributed by atoms with Crippen LogP contribution in [0.3, 0.4) is 0 Å². The first-order chi connectivity index (χ1) is 10.6. The van der Waals surface area contributed by atoms with Crippen LogP contribution in [0.15, 0.2) is 53.6 Å². The van der Waals surface area contributed by atoms with Crippen LogP contribution in [-0.4, -0.2) is 16.6 Å². The molecule has 2 aromatic rings. The maximum absolute atomic E-state index is 14.0. The molecule has 0 saturated heterocycles. The molecule has 0 fully saturated rings. The summed E-state index contributed by atoms with van der Waals surface area (Å²) in [5.74, 6) is -0.453. The molecule has 3 nitrogen and oxygen atoms in total. The second-order valence-electron chi connectivity index (χ2n) is 5.52. The highest BCUT2D eigenvalue weighted by Gasteiger charge is 2.32. The molecule has 1 amide bonds. The van der Waals surface area contributed by atoms with Crippen molar-refractivity contribution in [1.29, 1.82) is 0 Å². The van der Waals surface area contributed by atoms with Crippen LogP contribution in [0.25, 0.3) is 0 Å². The van der Waals surface area contributed by atoms with E-state index in [-0.39, 0.29) is 17.8 Å². The first-order valence-electron chi connectivity index (χ1n) is 7.25. The van der Waals surface area contributed by atoms with Gasteiger partial charge in [-0.2, -0.15) is 5.10 Å². The van der Waals surface area contributed by atoms with Crippen molar-refractivity contribution >= 4 is 11.6 Å². The van der Waals surface area contributed by atoms with Gasteiger partial charge in [-0.05, 0) is 18.6 Å². The Kier molecular flexibility index (Phi) is 3.75. The van der Waals surface area contributed by atoms with E-state index < -0.39 is 0 Å². The van der Waals surface area contributed by atoms with Crippen LogP contribution in [-0.2, 0) is 4.79 Å². The molecule has 112 valence electrons. The molecule has 1 unspecified atom stereocenters. The predicted molar refractivity (Wildman–Crippen MR) is 84.0 cm³/mol. The summed E-state index contributed by atoms with van der Waals surface area (Å²) in [7, 11) is 0. The number of hydrogen-bond acceptors (Lipinski definition) is 2. The first-order valence-corrected chi connectivity index (χ1v) is 7.25. The highest BCUT2D eigenvalue weighted by molar-refractivity contribution is 6.03. The molecule has 0 radical (unpaired) electrons. The molecular formula is C18H17FN2O. The van der Waals surface area contributed by atoms with Crippen molar-refractivity contribution in [1.82, 2.24) is 5.01 Å². The summed E-state index contributed by atoms with van der Waals surface area (Å²) in [6.45, 7) is 3.50. The fourth-order valence-electron chi connectivity index (χ4n) is 2.71. The Morgan fingerprint density at radius 1 is 1.18 bits per heavy atom. The number of hydrogen-bond donors (Lipinski definition) is 0. The normalized spacial score (nSPS) is 17.5. The third-order valence-corrected chi connectivity index (χ3v) is 3.88. The Hall–Kier alpha value is -2.49. The fraction of sp³-hybridized carbons (Fsp3) is 0.222. The minimum absolute atomic E-state index is 0.142. The van der Waals surface area contributed by atoms with Crippen molar-refractivity contribution < 1.29 is 9.18 Å². The highest BCUT2D eigenvalue weighted by atomic mass is 19.1. The zero-order valence-electron chi connectivity index (χ0n) is 12.6. The molecule has 0 aromatic heterocycles. The summed E-state index contributed by atoms with van der Waals surface area (Å²) in [6.07, 6.45) is 0.517. The van der Waals surface area contributed by atoms with Gasteiger partial charge in [-0.1, -0.05) is 48.0 Å². The zero-order chi connectivity index (χ0) is 15.7. The second kappa shape index (κ2) is 5.72. The zero-order valence-corrected chi connectivity index (χ0v) is 12.6. The van der Waals surface area contributed by atoms with Gasteiger partial charge < -0.3 is 0 Å². The van der Waals surface area contributed by atoms with Crippen molar-refractivity contribution in [2.45, 2.75) is 26.3 Å². The largest absolute Gasteiger partial charge is 0.273 e. The number of carbonyl (C=O) groups is 1. The summed E-state index contributed by atoms with van der Waals surface area (Å²) >= 11 is 0. The maximum Gasteiger partial charge on any atom is 0.240 e. The lowest BCUT2D eigenvalue weighted by Gasteiger charge is -2.20. The van der Waals surface area contributed by atoms with Gasteiger partial charge in [-0.15, -0.1) is 0 Å². The van der Waals surface area contributed by atoms with Gasteiger partial charge in [0.05, 0.1) is 11.8 Å². The summed E-state index contributed by atoms with van der Waals surface area (Å²) < 4.78 is 14.0. The van der Waals surface area contributed by atoms with Crippen LogP contribution in [0.1, 0.15) is 36.1 Å². The Balaban J connectivity index is 1.96. The van der Waals surface area contributed by atoms with Gasteiger partial charge in [0.25, 0.3) is 0 Å². The number of amides is 1. The number of aryl methyl sites for hydroxylation is 1. The predicted octanol–water partition coefficient (Wildman–Crippen LogP) is 3.83. The topological polar surface area (TPSA) is 32.7 Å². The molecule has 0 aliphatic carbocycles. The molecule has 1 heterocycles. The average Bonchev–Trinajstić information content (AvgIpc) is 2.93. The second-order valence-corrected chi connectivity index (χ2v) is 5.52. The number of rotatable bonds is 2. The van der Waals surface area contributed by atoms with Crippen LogP contribution in [0.4, 0.5) is 4.39 Å². The molecule has 22 heavy (non-hydrogen) atoms. The molecule has 0 saturated carbocycles. The van der Waals surface area contributed by atoms with Crippen LogP contribution in [0.2, 0.25) is 0 Å². The average molecular weight is 296 g/mol. The van der Waals surface area contributed by atoms with Crippen LogP contribution < -0.4 is 0 Å². The molecule has 4 heteroatoms. The van der Waals surface area contributed by atoms with Crippen molar-refractivity contribution in [2.75, 3.05) is 0 Å². The standard InChI is InChI=1S/C18H17FN2O/c1-12-7-9-14(10-8-12)18-11-17(20-21(18)13(2)22)15-5-3-4-6-16(15)19/h3-10,18H,11H2,1-2H3. The Labute approximate surface area is 129 Å². The van der Waals surface area contributed by atoms with Crippen LogP contribution in [0, 0.1) is 12.7 Å². The molecule has 0 N–H and O–H groups in total. The van der Waals surface area contributed by atoms with E-state index in [0.717, 1.165) is 11.1 Å². The Morgan fingerprint density at radius 2 is 1.86 bits per heavy atom. The van der Waals surface area contributed by atoms with E-state index in [1.165, 1.54) is 18.0 Å². The lowest BCUT2D eigenvalue weighted by atomic mass is 9.97. The van der Waals surface area contributed by atoms with E-state index in [1.807, 2.05) is 31.2 Å². The minimum Gasteiger partial charge on any atom is -0.273 e. The maximum atomic E-state index is 14.0. The number of carbonyl (C=O) groups excluding carboxylic acids is 1. The van der Waals surface area contributed by atoms with Crippen molar-refractivity contribution in [3.05, 3.63) is 71.0 Å². The quantitative estimate of drug-likeness (QED) is 0.829. The van der Waals surface area contributed by atoms with E-state index >= 15 is 0 Å². The molecule has 1 aliphatic rings. The van der Waals surface area contributed by atoms with Crippen molar-refractivity contribution in [3.8, 4) is 0 Å². The van der Waals surface area contributed by atoms with E-state index in [4.69, 9.17) is 0 Å². The van der Waals surface area contributed by atoms with Gasteiger partial charge in [-0.25, -0.2) is 9.40 Å². The number of benzene rings is 2. The number of hydrazone groups is 1. The van der Waals surface area contributed by atoms with E-state index in [1.54, 1.807) is 18.2 Å². The van der Waals surface area contributed by atoms with Gasteiger partial charge in [0, 0.05) is 18.9 Å². The molecule has 1 aliphatic heterocycles. The smallest absolute Gasteiger partial charge is 0.240 e. The third kappa shape index (κ3) is 2.64. The number of halogens is 1. The van der Waals surface area contributed by atoms with Gasteiger partial charge in [-0.3, -0.25) is 4.79 Å². The van der Waals surface area contributed by atoms with Gasteiger partial charge in [0.2, 0.25) is 5.91 Å². The minimum atomic E-state index is -0.311. The first kappa shape index (κ1) is 14.4. The SMILES string of the molecule is CC(=O)N1N=C(c2ccccc2F)CC1c1ccc(C)cc1. The molecule has 2 aromatic carbocycles. The summed E-state index contributed by atoms with van der Waals surface area (Å²) in [5, 5.41) is 5.81. The van der Waals surface area contributed by atoms with Gasteiger partial charge >= 0.3 is 0 Å². The van der Waals surface area contributed by atoms with Crippen LogP contribution in [0.5, 0.6) is 0 Å². The summed E-state index contributed by atoms with van der Waals surface area (Å²) in [6, 6.07) is 14.4. The molecular weight excluding hydrogens is 279 g/mol. The molecule has 0 spiro atoms. The molecule has 3 rings (SSSR count).